The molecule has 0 fully saturated rings. The van der Waals surface area contributed by atoms with Gasteiger partial charge < -0.3 is 16.8 Å². The molecule has 0 aliphatic carbocycles. The van der Waals surface area contributed by atoms with Gasteiger partial charge in [-0.3, -0.25) is 0 Å². The van der Waals surface area contributed by atoms with E-state index in [4.69, 9.17) is 11.5 Å². The van der Waals surface area contributed by atoms with Crippen LogP contribution in [0.1, 0.15) is 5.56 Å². The second-order valence-electron chi connectivity index (χ2n) is 3.62. The monoisotopic (exact) mass is 278 g/mol. The van der Waals surface area contributed by atoms with E-state index >= 15 is 0 Å². The average molecular weight is 279 g/mol. The van der Waals surface area contributed by atoms with E-state index in [0.29, 0.717) is 12.4 Å². The van der Waals surface area contributed by atoms with Gasteiger partial charge in [0.05, 0.1) is 0 Å². The van der Waals surface area contributed by atoms with Gasteiger partial charge in [0, 0.05) is 12.7 Å². The molecule has 0 spiro atoms. The van der Waals surface area contributed by atoms with E-state index in [1.54, 1.807) is 12.3 Å². The fourth-order valence-corrected chi connectivity index (χ4v) is 1.40. The lowest BCUT2D eigenvalue weighted by Crippen LogP contribution is -2.22. The van der Waals surface area contributed by atoms with Gasteiger partial charge in [0.2, 0.25) is 0 Å². The highest BCUT2D eigenvalue weighted by Crippen LogP contribution is 2.09. The molecule has 2 rings (SSSR count). The Kier molecular flexibility index (Phi) is 5.56. The van der Waals surface area contributed by atoms with Gasteiger partial charge >= 0.3 is 0 Å². The zero-order valence-electron chi connectivity index (χ0n) is 10.2. The number of rotatable bonds is 4. The highest BCUT2D eigenvalue weighted by atomic mass is 35.5. The van der Waals surface area contributed by atoms with Crippen LogP contribution in [-0.4, -0.2) is 15.9 Å². The van der Waals surface area contributed by atoms with Gasteiger partial charge in [-0.05, 0) is 11.6 Å². The van der Waals surface area contributed by atoms with Crippen LogP contribution < -0.4 is 16.8 Å². The summed E-state index contributed by atoms with van der Waals surface area (Å²) in [6, 6.07) is 11.8. The molecule has 0 radical (unpaired) electrons. The van der Waals surface area contributed by atoms with Crippen molar-refractivity contribution in [3.05, 3.63) is 48.2 Å². The van der Waals surface area contributed by atoms with E-state index in [-0.39, 0.29) is 24.3 Å². The number of nitrogens with two attached hydrogens (primary N) is 2. The molecule has 0 saturated carbocycles. The summed E-state index contributed by atoms with van der Waals surface area (Å²) < 4.78 is 0. The highest BCUT2D eigenvalue weighted by molar-refractivity contribution is 5.85. The van der Waals surface area contributed by atoms with Crippen molar-refractivity contribution in [2.24, 2.45) is 16.5 Å². The van der Waals surface area contributed by atoms with Crippen LogP contribution >= 0.6 is 12.4 Å². The standard InChI is InChI=1S/C12H14N6.ClH/c13-11(14)18-12-15-7-6-10(17-12)16-8-9-4-2-1-3-5-9;/h1-7H,8H2,(H5,13,14,15,16,17,18);1H. The molecule has 19 heavy (non-hydrogen) atoms. The van der Waals surface area contributed by atoms with Crippen molar-refractivity contribution < 1.29 is 0 Å². The van der Waals surface area contributed by atoms with Crippen LogP contribution in [0.4, 0.5) is 11.8 Å². The Morgan fingerprint density at radius 1 is 1.16 bits per heavy atom. The number of aromatic nitrogens is 2. The molecule has 0 unspecified atom stereocenters. The molecule has 0 amide bonds. The number of nitrogens with one attached hydrogen (secondary N) is 1. The molecule has 0 aliphatic rings. The number of benzene rings is 1. The van der Waals surface area contributed by atoms with E-state index in [9.17, 15) is 0 Å². The van der Waals surface area contributed by atoms with Crippen molar-refractivity contribution in [2.75, 3.05) is 5.32 Å². The molecule has 0 atom stereocenters. The van der Waals surface area contributed by atoms with Gasteiger partial charge in [-0.25, -0.2) is 4.98 Å². The first-order chi connectivity index (χ1) is 8.74. The molecule has 100 valence electrons. The number of guanidine groups is 1. The van der Waals surface area contributed by atoms with Crippen LogP contribution in [0, 0.1) is 0 Å². The Hall–Kier alpha value is -2.34. The summed E-state index contributed by atoms with van der Waals surface area (Å²) in [5, 5.41) is 3.17. The molecule has 1 aromatic heterocycles. The van der Waals surface area contributed by atoms with Crippen LogP contribution in [0.25, 0.3) is 0 Å². The van der Waals surface area contributed by atoms with Crippen molar-refractivity contribution >= 4 is 30.1 Å². The Morgan fingerprint density at radius 3 is 2.58 bits per heavy atom. The minimum Gasteiger partial charge on any atom is -0.370 e. The molecule has 0 aliphatic heterocycles. The smallest absolute Gasteiger partial charge is 0.254 e. The largest absolute Gasteiger partial charge is 0.370 e. The first kappa shape index (κ1) is 14.7. The third kappa shape index (κ3) is 4.81. The molecule has 6 nitrogen and oxygen atoms in total. The maximum absolute atomic E-state index is 5.27. The Bertz CT molecular complexity index is 539. The molecule has 2 aromatic rings. The predicted octanol–water partition coefficient (Wildman–Crippen LogP) is 1.42. The summed E-state index contributed by atoms with van der Waals surface area (Å²) in [5.74, 6) is 0.858. The maximum Gasteiger partial charge on any atom is 0.254 e. The van der Waals surface area contributed by atoms with Crippen molar-refractivity contribution in [3.8, 4) is 0 Å². The van der Waals surface area contributed by atoms with Gasteiger partial charge in [0.25, 0.3) is 5.95 Å². The van der Waals surface area contributed by atoms with E-state index in [2.05, 4.69) is 20.3 Å². The third-order valence-electron chi connectivity index (χ3n) is 2.19. The summed E-state index contributed by atoms with van der Waals surface area (Å²) in [6.45, 7) is 0.680. The first-order valence-corrected chi connectivity index (χ1v) is 5.44. The van der Waals surface area contributed by atoms with E-state index < -0.39 is 0 Å². The lowest BCUT2D eigenvalue weighted by atomic mass is 10.2. The Balaban J connectivity index is 0.00000180. The number of aliphatic imine (C=N–C) groups is 1. The topological polar surface area (TPSA) is 102 Å². The molecular formula is C12H15ClN6. The minimum absolute atomic E-state index is 0. The van der Waals surface area contributed by atoms with Crippen LogP contribution in [0.5, 0.6) is 0 Å². The number of halogens is 1. The quantitative estimate of drug-likeness (QED) is 0.580. The van der Waals surface area contributed by atoms with Gasteiger partial charge in [0.15, 0.2) is 5.96 Å². The number of hydrogen-bond acceptors (Lipinski definition) is 4. The zero-order chi connectivity index (χ0) is 12.8. The van der Waals surface area contributed by atoms with Gasteiger partial charge in [0.1, 0.15) is 5.82 Å². The fraction of sp³-hybridized carbons (Fsp3) is 0.0833. The van der Waals surface area contributed by atoms with Gasteiger partial charge in [-0.1, -0.05) is 30.3 Å². The normalized spacial score (nSPS) is 9.26. The van der Waals surface area contributed by atoms with Crippen LogP contribution in [0.2, 0.25) is 0 Å². The fourth-order valence-electron chi connectivity index (χ4n) is 1.40. The number of hydrogen-bond donors (Lipinski definition) is 3. The molecule has 5 N–H and O–H groups in total. The van der Waals surface area contributed by atoms with E-state index in [1.807, 2.05) is 30.3 Å². The maximum atomic E-state index is 5.27. The van der Waals surface area contributed by atoms with Crippen molar-refractivity contribution in [2.45, 2.75) is 6.54 Å². The lowest BCUT2D eigenvalue weighted by Gasteiger charge is -2.05. The lowest BCUT2D eigenvalue weighted by molar-refractivity contribution is 1.07. The number of anilines is 1. The third-order valence-corrected chi connectivity index (χ3v) is 2.19. The molecule has 1 aromatic carbocycles. The molecular weight excluding hydrogens is 264 g/mol. The molecule has 7 heteroatoms. The molecule has 0 bridgehead atoms. The highest BCUT2D eigenvalue weighted by Gasteiger charge is 1.98. The second kappa shape index (κ2) is 7.17. The summed E-state index contributed by atoms with van der Waals surface area (Å²) in [5.41, 5.74) is 11.7. The van der Waals surface area contributed by atoms with Crippen LogP contribution in [0.3, 0.4) is 0 Å². The van der Waals surface area contributed by atoms with Gasteiger partial charge in [-0.2, -0.15) is 9.98 Å². The van der Waals surface area contributed by atoms with E-state index in [0.717, 1.165) is 0 Å². The summed E-state index contributed by atoms with van der Waals surface area (Å²) in [7, 11) is 0. The first-order valence-electron chi connectivity index (χ1n) is 5.44. The van der Waals surface area contributed by atoms with Gasteiger partial charge in [-0.15, -0.1) is 12.4 Å². The summed E-state index contributed by atoms with van der Waals surface area (Å²) >= 11 is 0. The van der Waals surface area contributed by atoms with Crippen LogP contribution in [0.15, 0.2) is 47.6 Å². The average Bonchev–Trinajstić information content (AvgIpc) is 2.37. The molecule has 0 saturated heterocycles. The van der Waals surface area contributed by atoms with Crippen molar-refractivity contribution in [1.82, 2.24) is 9.97 Å². The minimum atomic E-state index is -0.0600. The summed E-state index contributed by atoms with van der Waals surface area (Å²) in [6.07, 6.45) is 1.60. The SMILES string of the molecule is Cl.NC(N)=Nc1nccc(NCc2ccccc2)n1. The van der Waals surface area contributed by atoms with Crippen LogP contribution in [-0.2, 0) is 6.54 Å². The van der Waals surface area contributed by atoms with Crippen molar-refractivity contribution in [1.29, 1.82) is 0 Å². The Morgan fingerprint density at radius 2 is 1.89 bits per heavy atom. The summed E-state index contributed by atoms with van der Waals surface area (Å²) in [4.78, 5) is 11.9. The number of nitrogens with zero attached hydrogens (tertiary/aromatic N) is 3. The molecule has 1 heterocycles. The second-order valence-corrected chi connectivity index (χ2v) is 3.62. The predicted molar refractivity (Wildman–Crippen MR) is 78.5 cm³/mol. The van der Waals surface area contributed by atoms with Crippen molar-refractivity contribution in [3.63, 3.8) is 0 Å². The van der Waals surface area contributed by atoms with E-state index in [1.165, 1.54) is 5.56 Å². The zero-order valence-corrected chi connectivity index (χ0v) is 11.0. The Labute approximate surface area is 117 Å².